The second kappa shape index (κ2) is 7.75. The van der Waals surface area contributed by atoms with E-state index in [1.807, 2.05) is 6.07 Å². The zero-order valence-corrected chi connectivity index (χ0v) is 16.0. The number of nitrogens with two attached hydrogens (primary N) is 1. The number of hydrogen-bond acceptors (Lipinski definition) is 7. The molecule has 148 valence electrons. The number of fused-ring (bicyclic) bond motifs is 1. The van der Waals surface area contributed by atoms with Gasteiger partial charge in [-0.3, -0.25) is 0 Å². The van der Waals surface area contributed by atoms with E-state index < -0.39 is 5.97 Å². The number of aromatic nitrogens is 3. The van der Waals surface area contributed by atoms with Gasteiger partial charge in [0.1, 0.15) is 0 Å². The van der Waals surface area contributed by atoms with Crippen molar-refractivity contribution in [3.8, 4) is 0 Å². The van der Waals surface area contributed by atoms with Crippen LogP contribution in [0.2, 0.25) is 0 Å². The van der Waals surface area contributed by atoms with Crippen LogP contribution in [0.3, 0.4) is 0 Å². The second-order valence-corrected chi connectivity index (χ2v) is 7.17. The summed E-state index contributed by atoms with van der Waals surface area (Å²) in [5.74, 6) is 0.0145. The van der Waals surface area contributed by atoms with Gasteiger partial charge in [-0.25, -0.2) is 4.79 Å². The SMILES string of the molecule is Cc1cc(CNc2nc(N)nc(NC3Cc4ccccc4C3)n2)ccc1C(=O)O. The minimum Gasteiger partial charge on any atom is -0.478 e. The summed E-state index contributed by atoms with van der Waals surface area (Å²) in [5.41, 5.74) is 10.5. The number of carbonyl (C=O) groups is 1. The molecule has 0 atom stereocenters. The van der Waals surface area contributed by atoms with Gasteiger partial charge in [-0.15, -0.1) is 0 Å². The summed E-state index contributed by atoms with van der Waals surface area (Å²) in [6.07, 6.45) is 1.83. The molecule has 1 heterocycles. The fourth-order valence-corrected chi connectivity index (χ4v) is 3.64. The normalized spacial score (nSPS) is 13.1. The third-order valence-electron chi connectivity index (χ3n) is 5.01. The Morgan fingerprint density at radius 3 is 2.45 bits per heavy atom. The van der Waals surface area contributed by atoms with Gasteiger partial charge in [-0.05, 0) is 48.1 Å². The Bertz CT molecular complexity index is 1040. The fourth-order valence-electron chi connectivity index (χ4n) is 3.64. The van der Waals surface area contributed by atoms with Crippen LogP contribution in [0.5, 0.6) is 0 Å². The van der Waals surface area contributed by atoms with Crippen LogP contribution in [0.4, 0.5) is 17.8 Å². The summed E-state index contributed by atoms with van der Waals surface area (Å²) < 4.78 is 0. The highest BCUT2D eigenvalue weighted by atomic mass is 16.4. The number of aromatic carboxylic acids is 1. The number of nitrogen functional groups attached to an aromatic ring is 1. The van der Waals surface area contributed by atoms with Crippen LogP contribution in [0.1, 0.15) is 32.6 Å². The van der Waals surface area contributed by atoms with Gasteiger partial charge in [0.2, 0.25) is 17.8 Å². The zero-order chi connectivity index (χ0) is 20.4. The van der Waals surface area contributed by atoms with Gasteiger partial charge in [0.05, 0.1) is 5.56 Å². The van der Waals surface area contributed by atoms with E-state index in [1.54, 1.807) is 19.1 Å². The minimum absolute atomic E-state index is 0.137. The van der Waals surface area contributed by atoms with Crippen LogP contribution in [-0.4, -0.2) is 32.1 Å². The smallest absolute Gasteiger partial charge is 0.335 e. The standard InChI is InChI=1S/C21H22N6O2/c1-12-8-13(6-7-17(12)18(28)29)11-23-20-25-19(22)26-21(27-20)24-16-9-14-4-2-3-5-15(14)10-16/h2-8,16H,9-11H2,1H3,(H,28,29)(H4,22,23,24,25,26,27). The first-order chi connectivity index (χ1) is 14.0. The molecule has 8 heteroatoms. The van der Waals surface area contributed by atoms with Crippen molar-refractivity contribution < 1.29 is 9.90 Å². The lowest BCUT2D eigenvalue weighted by atomic mass is 10.1. The summed E-state index contributed by atoms with van der Waals surface area (Å²) in [5, 5.41) is 15.6. The van der Waals surface area contributed by atoms with Crippen LogP contribution in [0.25, 0.3) is 0 Å². The molecular formula is C21H22N6O2. The first-order valence-electron chi connectivity index (χ1n) is 9.39. The highest BCUT2D eigenvalue weighted by Gasteiger charge is 2.21. The van der Waals surface area contributed by atoms with Gasteiger partial charge < -0.3 is 21.5 Å². The summed E-state index contributed by atoms with van der Waals surface area (Å²) in [6, 6.07) is 13.8. The van der Waals surface area contributed by atoms with Crippen LogP contribution >= 0.6 is 0 Å². The average Bonchev–Trinajstić information content (AvgIpc) is 3.08. The number of anilines is 3. The third-order valence-corrected chi connectivity index (χ3v) is 5.01. The Labute approximate surface area is 168 Å². The fraction of sp³-hybridized carbons (Fsp3) is 0.238. The molecule has 0 amide bonds. The lowest BCUT2D eigenvalue weighted by Crippen LogP contribution is -2.22. The van der Waals surface area contributed by atoms with Crippen molar-refractivity contribution in [1.29, 1.82) is 0 Å². The molecule has 29 heavy (non-hydrogen) atoms. The number of carboxylic acids is 1. The topological polar surface area (TPSA) is 126 Å². The molecule has 1 aromatic heterocycles. The molecule has 1 aliphatic rings. The van der Waals surface area contributed by atoms with Crippen LogP contribution in [0.15, 0.2) is 42.5 Å². The molecule has 0 spiro atoms. The van der Waals surface area contributed by atoms with E-state index in [0.29, 0.717) is 29.6 Å². The van der Waals surface area contributed by atoms with Crippen molar-refractivity contribution in [3.05, 3.63) is 70.3 Å². The Hall–Kier alpha value is -3.68. The molecule has 1 aliphatic carbocycles. The molecule has 0 fully saturated rings. The van der Waals surface area contributed by atoms with E-state index >= 15 is 0 Å². The maximum absolute atomic E-state index is 11.1. The van der Waals surface area contributed by atoms with Crippen LogP contribution in [0, 0.1) is 6.92 Å². The lowest BCUT2D eigenvalue weighted by molar-refractivity contribution is 0.0696. The number of hydrogen-bond donors (Lipinski definition) is 4. The van der Waals surface area contributed by atoms with E-state index in [0.717, 1.165) is 18.4 Å². The first kappa shape index (κ1) is 18.7. The van der Waals surface area contributed by atoms with E-state index in [1.165, 1.54) is 11.1 Å². The van der Waals surface area contributed by atoms with E-state index in [4.69, 9.17) is 10.8 Å². The highest BCUT2D eigenvalue weighted by molar-refractivity contribution is 5.89. The van der Waals surface area contributed by atoms with Crippen molar-refractivity contribution in [1.82, 2.24) is 15.0 Å². The molecule has 0 radical (unpaired) electrons. The van der Waals surface area contributed by atoms with E-state index in [2.05, 4.69) is 49.9 Å². The van der Waals surface area contributed by atoms with Crippen molar-refractivity contribution in [2.24, 2.45) is 0 Å². The van der Waals surface area contributed by atoms with Crippen molar-refractivity contribution in [3.63, 3.8) is 0 Å². The van der Waals surface area contributed by atoms with Gasteiger partial charge >= 0.3 is 5.97 Å². The quantitative estimate of drug-likeness (QED) is 0.506. The molecule has 8 nitrogen and oxygen atoms in total. The molecular weight excluding hydrogens is 368 g/mol. The van der Waals surface area contributed by atoms with Gasteiger partial charge in [-0.2, -0.15) is 15.0 Å². The van der Waals surface area contributed by atoms with Crippen molar-refractivity contribution in [2.75, 3.05) is 16.4 Å². The minimum atomic E-state index is -0.933. The second-order valence-electron chi connectivity index (χ2n) is 7.17. The molecule has 0 aliphatic heterocycles. The lowest BCUT2D eigenvalue weighted by Gasteiger charge is -2.13. The predicted molar refractivity (Wildman–Crippen MR) is 111 cm³/mol. The largest absolute Gasteiger partial charge is 0.478 e. The van der Waals surface area contributed by atoms with E-state index in [-0.39, 0.29) is 12.0 Å². The predicted octanol–water partition coefficient (Wildman–Crippen LogP) is 2.65. The number of nitrogens with one attached hydrogen (secondary N) is 2. The van der Waals surface area contributed by atoms with Gasteiger partial charge in [0.15, 0.2) is 0 Å². The Morgan fingerprint density at radius 1 is 1.10 bits per heavy atom. The molecule has 0 saturated carbocycles. The molecule has 5 N–H and O–H groups in total. The third kappa shape index (κ3) is 4.26. The maximum Gasteiger partial charge on any atom is 0.335 e. The van der Waals surface area contributed by atoms with Crippen LogP contribution < -0.4 is 16.4 Å². The average molecular weight is 390 g/mol. The number of nitrogens with zero attached hydrogens (tertiary/aromatic N) is 3. The molecule has 2 aromatic carbocycles. The molecule has 4 rings (SSSR count). The number of benzene rings is 2. The van der Waals surface area contributed by atoms with Gasteiger partial charge in [0, 0.05) is 12.6 Å². The highest BCUT2D eigenvalue weighted by Crippen LogP contribution is 2.24. The molecule has 3 aromatic rings. The van der Waals surface area contributed by atoms with Gasteiger partial charge in [-0.1, -0.05) is 36.4 Å². The Balaban J connectivity index is 1.42. The van der Waals surface area contributed by atoms with Gasteiger partial charge in [0.25, 0.3) is 0 Å². The van der Waals surface area contributed by atoms with Crippen molar-refractivity contribution in [2.45, 2.75) is 32.4 Å². The summed E-state index contributed by atoms with van der Waals surface area (Å²) >= 11 is 0. The number of aryl methyl sites for hydroxylation is 1. The monoisotopic (exact) mass is 390 g/mol. The molecule has 0 unspecified atom stereocenters. The zero-order valence-electron chi connectivity index (χ0n) is 16.0. The molecule has 0 saturated heterocycles. The maximum atomic E-state index is 11.1. The first-order valence-corrected chi connectivity index (χ1v) is 9.39. The van der Waals surface area contributed by atoms with E-state index in [9.17, 15) is 4.79 Å². The Morgan fingerprint density at radius 2 is 1.79 bits per heavy atom. The Kier molecular flexibility index (Phi) is 4.99. The summed E-state index contributed by atoms with van der Waals surface area (Å²) in [7, 11) is 0. The van der Waals surface area contributed by atoms with Crippen molar-refractivity contribution >= 4 is 23.8 Å². The molecule has 0 bridgehead atoms. The van der Waals surface area contributed by atoms with Crippen LogP contribution in [-0.2, 0) is 19.4 Å². The number of carboxylic acid groups (broad SMARTS) is 1. The summed E-state index contributed by atoms with van der Waals surface area (Å²) in [4.78, 5) is 23.9. The number of rotatable bonds is 6. The summed E-state index contributed by atoms with van der Waals surface area (Å²) in [6.45, 7) is 2.22.